The van der Waals surface area contributed by atoms with E-state index >= 15 is 0 Å². The fourth-order valence-electron chi connectivity index (χ4n) is 6.59. The molecule has 0 aromatic carbocycles. The molecule has 1 heterocycles. The van der Waals surface area contributed by atoms with Gasteiger partial charge in [0.05, 0.1) is 0 Å². The molecule has 0 atom stereocenters. The summed E-state index contributed by atoms with van der Waals surface area (Å²) >= 11 is -2.49. The molecule has 4 saturated carbocycles. The maximum atomic E-state index is 4.41. The van der Waals surface area contributed by atoms with Gasteiger partial charge in [-0.25, -0.2) is 0 Å². The molecular formula is C24H46As2N4. The Morgan fingerprint density at radius 1 is 0.400 bits per heavy atom. The second kappa shape index (κ2) is 11.4. The topological polar surface area (TPSA) is 30.5 Å². The molecule has 0 spiro atoms. The third-order valence-corrected chi connectivity index (χ3v) is 24.3. The van der Waals surface area contributed by atoms with Crippen molar-refractivity contribution in [1.29, 1.82) is 0 Å². The Morgan fingerprint density at radius 3 is 1.03 bits per heavy atom. The van der Waals surface area contributed by atoms with Crippen LogP contribution in [0.5, 0.6) is 0 Å². The molecule has 30 heavy (non-hydrogen) atoms. The molecule has 0 radical (unpaired) electrons. The van der Waals surface area contributed by atoms with Crippen LogP contribution in [0, 0.1) is 0 Å². The Bertz CT molecular complexity index is 457. The zero-order valence-electron chi connectivity index (χ0n) is 19.2. The van der Waals surface area contributed by atoms with Gasteiger partial charge in [-0.05, 0) is 0 Å². The molecule has 0 bridgehead atoms. The van der Waals surface area contributed by atoms with Crippen LogP contribution in [0.4, 0.5) is 0 Å². The Kier molecular flexibility index (Phi) is 8.63. The van der Waals surface area contributed by atoms with Gasteiger partial charge in [0.25, 0.3) is 0 Å². The monoisotopic (exact) mass is 540 g/mol. The van der Waals surface area contributed by atoms with Crippen LogP contribution in [-0.4, -0.2) is 60.3 Å². The molecule has 5 aliphatic rings. The summed E-state index contributed by atoms with van der Waals surface area (Å²) in [6.07, 6.45) is 29.5. The second-order valence-electron chi connectivity index (χ2n) is 10.7. The van der Waals surface area contributed by atoms with Gasteiger partial charge in [0.15, 0.2) is 0 Å². The van der Waals surface area contributed by atoms with Crippen molar-refractivity contribution in [3.63, 3.8) is 0 Å². The van der Waals surface area contributed by atoms with Gasteiger partial charge in [0.2, 0.25) is 0 Å². The molecule has 5 rings (SSSR count). The van der Waals surface area contributed by atoms with E-state index in [2.05, 4.69) is 13.9 Å². The first kappa shape index (κ1) is 22.7. The van der Waals surface area contributed by atoms with Gasteiger partial charge >= 0.3 is 197 Å². The Morgan fingerprint density at radius 2 is 0.700 bits per heavy atom. The zero-order chi connectivity index (χ0) is 20.2. The molecule has 0 amide bonds. The van der Waals surface area contributed by atoms with Crippen molar-refractivity contribution in [2.24, 2.45) is 0 Å². The summed E-state index contributed by atoms with van der Waals surface area (Å²) in [5, 5.41) is 0. The summed E-state index contributed by atoms with van der Waals surface area (Å²) in [7, 11) is 0. The molecule has 1 aliphatic heterocycles. The molecule has 5 fully saturated rings. The van der Waals surface area contributed by atoms with Crippen molar-refractivity contribution in [3.05, 3.63) is 0 Å². The fraction of sp³-hybridized carbons (Fsp3) is 1.00. The summed E-state index contributed by atoms with van der Waals surface area (Å²) in [6, 6.07) is 3.51. The van der Waals surface area contributed by atoms with E-state index < -0.39 is 30.7 Å². The Labute approximate surface area is 196 Å². The van der Waals surface area contributed by atoms with E-state index in [0.717, 1.165) is 24.2 Å². The predicted octanol–water partition coefficient (Wildman–Crippen LogP) is 5.08. The van der Waals surface area contributed by atoms with Gasteiger partial charge in [-0.2, -0.15) is 0 Å². The molecule has 4 nitrogen and oxygen atoms in total. The van der Waals surface area contributed by atoms with Crippen LogP contribution in [0.1, 0.15) is 128 Å². The SMILES string of the molecule is C1CCC(N[As]2N(C3CCCCC3)[As](NC3CCCCC3)N2C2CCCCC2)CC1. The van der Waals surface area contributed by atoms with Gasteiger partial charge in [0.1, 0.15) is 0 Å². The zero-order valence-corrected chi connectivity index (χ0v) is 23.0. The summed E-state index contributed by atoms with van der Waals surface area (Å²) in [6.45, 7) is 0. The number of hydrogen-bond acceptors (Lipinski definition) is 4. The average Bonchev–Trinajstić information content (AvgIpc) is 2.81. The summed E-state index contributed by atoms with van der Waals surface area (Å²) in [5.74, 6) is 0. The van der Waals surface area contributed by atoms with E-state index in [4.69, 9.17) is 0 Å². The van der Waals surface area contributed by atoms with Crippen molar-refractivity contribution < 1.29 is 0 Å². The van der Waals surface area contributed by atoms with E-state index in [-0.39, 0.29) is 0 Å². The van der Waals surface area contributed by atoms with Crippen LogP contribution in [-0.2, 0) is 0 Å². The van der Waals surface area contributed by atoms with Crippen LogP contribution < -0.4 is 8.47 Å². The fourth-order valence-corrected chi connectivity index (χ4v) is 23.8. The van der Waals surface area contributed by atoms with E-state index in [9.17, 15) is 0 Å². The van der Waals surface area contributed by atoms with E-state index in [1.54, 1.807) is 0 Å². The van der Waals surface area contributed by atoms with Crippen LogP contribution in [0.25, 0.3) is 0 Å². The van der Waals surface area contributed by atoms with Crippen molar-refractivity contribution >= 4 is 30.7 Å². The second-order valence-corrected chi connectivity index (χ2v) is 20.8. The molecule has 0 unspecified atom stereocenters. The summed E-state index contributed by atoms with van der Waals surface area (Å²) in [4.78, 5) is 0. The first-order valence-corrected chi connectivity index (χ1v) is 18.8. The van der Waals surface area contributed by atoms with Crippen molar-refractivity contribution in [3.8, 4) is 0 Å². The molecule has 0 aromatic heterocycles. The standard InChI is InChI=1S/C24H46As2N4/c1-5-13-21(14-6-1)27-25-29(23-17-9-3-10-18-23)26(28-22-15-7-2-8-16-22)30(25)24-19-11-4-12-20-24/h21-24,27-28H,1-20H2. The minimum absolute atomic E-state index is 0.835. The van der Waals surface area contributed by atoms with E-state index in [0.29, 0.717) is 0 Å². The maximum absolute atomic E-state index is 4.41. The first-order chi connectivity index (χ1) is 14.9. The van der Waals surface area contributed by atoms with Gasteiger partial charge in [-0.15, -0.1) is 0 Å². The van der Waals surface area contributed by atoms with Crippen molar-refractivity contribution in [2.75, 3.05) is 0 Å². The Hall–Kier alpha value is 0.957. The van der Waals surface area contributed by atoms with Crippen LogP contribution >= 0.6 is 0 Å². The normalized spacial score (nSPS) is 34.8. The van der Waals surface area contributed by atoms with Crippen LogP contribution in [0.3, 0.4) is 0 Å². The Balaban J connectivity index is 1.34. The minimum atomic E-state index is -1.25. The molecule has 2 N–H and O–H groups in total. The molecule has 0 aromatic rings. The van der Waals surface area contributed by atoms with Gasteiger partial charge in [0, 0.05) is 0 Å². The molecule has 1 saturated heterocycles. The average molecular weight is 541 g/mol. The summed E-state index contributed by atoms with van der Waals surface area (Å²) in [5.41, 5.74) is 0. The number of nitrogens with zero attached hydrogens (tertiary/aromatic N) is 2. The number of nitrogens with one attached hydrogen (secondary N) is 2. The molecule has 4 aliphatic carbocycles. The summed E-state index contributed by atoms with van der Waals surface area (Å²) < 4.78 is 15.3. The van der Waals surface area contributed by atoms with Crippen LogP contribution in [0.15, 0.2) is 0 Å². The van der Waals surface area contributed by atoms with E-state index in [1.165, 1.54) is 128 Å². The molecule has 172 valence electrons. The van der Waals surface area contributed by atoms with Gasteiger partial charge < -0.3 is 0 Å². The van der Waals surface area contributed by atoms with Crippen LogP contribution in [0.2, 0.25) is 0 Å². The molecular weight excluding hydrogens is 494 g/mol. The van der Waals surface area contributed by atoms with E-state index in [1.807, 2.05) is 0 Å². The van der Waals surface area contributed by atoms with Crippen molar-refractivity contribution in [1.82, 2.24) is 13.9 Å². The third-order valence-electron chi connectivity index (χ3n) is 8.39. The predicted molar refractivity (Wildman–Crippen MR) is 129 cm³/mol. The van der Waals surface area contributed by atoms with Gasteiger partial charge in [-0.3, -0.25) is 0 Å². The first-order valence-electron chi connectivity index (χ1n) is 13.6. The molecule has 6 heteroatoms. The van der Waals surface area contributed by atoms with Gasteiger partial charge in [-0.1, -0.05) is 0 Å². The quantitative estimate of drug-likeness (QED) is 0.460. The number of hydrogen-bond donors (Lipinski definition) is 2. The van der Waals surface area contributed by atoms with Crippen molar-refractivity contribution in [2.45, 2.75) is 153 Å². The number of rotatable bonds is 6. The third kappa shape index (κ3) is 5.36.